The predicted octanol–water partition coefficient (Wildman–Crippen LogP) is 1.08. The van der Waals surface area contributed by atoms with Crippen molar-refractivity contribution in [1.82, 2.24) is 3.97 Å². The lowest BCUT2D eigenvalue weighted by Crippen LogP contribution is -2.16. The zero-order valence-electron chi connectivity index (χ0n) is 10.9. The van der Waals surface area contributed by atoms with Crippen molar-refractivity contribution in [3.8, 4) is 0 Å². The molecule has 1 aliphatic heterocycles. The van der Waals surface area contributed by atoms with Gasteiger partial charge < -0.3 is 10.1 Å². The van der Waals surface area contributed by atoms with Crippen LogP contribution in [0.4, 0.5) is 5.69 Å². The highest BCUT2D eigenvalue weighted by molar-refractivity contribution is 7.90. The topological polar surface area (TPSA) is 94.5 Å². The molecule has 1 N–H and O–H groups in total. The molecule has 0 aliphatic carbocycles. The lowest BCUT2D eigenvalue weighted by molar-refractivity contribution is 0.0600. The highest BCUT2D eigenvalue weighted by Crippen LogP contribution is 2.29. The summed E-state index contributed by atoms with van der Waals surface area (Å²) in [6.07, 6.45) is 1.30. The number of hydrogen-bond acceptors (Lipinski definition) is 5. The summed E-state index contributed by atoms with van der Waals surface area (Å²) in [5.41, 5.74) is 0.204. The molecule has 0 unspecified atom stereocenters. The van der Waals surface area contributed by atoms with Crippen molar-refractivity contribution in [2.45, 2.75) is 4.90 Å². The van der Waals surface area contributed by atoms with Crippen LogP contribution >= 0.6 is 0 Å². The summed E-state index contributed by atoms with van der Waals surface area (Å²) < 4.78 is 30.5. The number of aromatic nitrogens is 1. The average molecular weight is 306 g/mol. The minimum absolute atomic E-state index is 0.00539. The number of rotatable bonds is 1. The third kappa shape index (κ3) is 1.91. The Morgan fingerprint density at radius 2 is 2.05 bits per heavy atom. The fraction of sp³-hybridized carbons (Fsp3) is 0.0769. The average Bonchev–Trinajstić information content (AvgIpc) is 2.93. The van der Waals surface area contributed by atoms with Crippen LogP contribution in [0.2, 0.25) is 0 Å². The van der Waals surface area contributed by atoms with Gasteiger partial charge in [-0.15, -0.1) is 0 Å². The van der Waals surface area contributed by atoms with Gasteiger partial charge in [0.25, 0.3) is 15.9 Å². The zero-order valence-corrected chi connectivity index (χ0v) is 11.7. The van der Waals surface area contributed by atoms with E-state index in [-0.39, 0.29) is 21.8 Å². The summed E-state index contributed by atoms with van der Waals surface area (Å²) in [6.45, 7) is 0. The first-order chi connectivity index (χ1) is 9.95. The third-order valence-corrected chi connectivity index (χ3v) is 4.88. The maximum absolute atomic E-state index is 12.5. The van der Waals surface area contributed by atoms with Crippen molar-refractivity contribution >= 4 is 27.6 Å². The van der Waals surface area contributed by atoms with Gasteiger partial charge in [0, 0.05) is 6.20 Å². The van der Waals surface area contributed by atoms with E-state index in [1.165, 1.54) is 43.6 Å². The molecular formula is C13H10N2O5S. The maximum atomic E-state index is 12.5. The molecule has 2 heterocycles. The minimum atomic E-state index is -3.90. The van der Waals surface area contributed by atoms with Crippen LogP contribution in [0.25, 0.3) is 0 Å². The van der Waals surface area contributed by atoms with E-state index in [9.17, 15) is 18.0 Å². The number of methoxy groups -OCH3 is 1. The second kappa shape index (κ2) is 4.45. The van der Waals surface area contributed by atoms with Crippen LogP contribution in [-0.4, -0.2) is 31.4 Å². The highest BCUT2D eigenvalue weighted by atomic mass is 32.2. The van der Waals surface area contributed by atoms with Crippen molar-refractivity contribution in [1.29, 1.82) is 0 Å². The first-order valence-corrected chi connectivity index (χ1v) is 7.36. The van der Waals surface area contributed by atoms with Crippen LogP contribution < -0.4 is 5.32 Å². The van der Waals surface area contributed by atoms with Crippen LogP contribution in [0.15, 0.2) is 41.4 Å². The highest BCUT2D eigenvalue weighted by Gasteiger charge is 2.30. The monoisotopic (exact) mass is 306 g/mol. The van der Waals surface area contributed by atoms with E-state index in [0.29, 0.717) is 0 Å². The largest absolute Gasteiger partial charge is 0.465 e. The summed E-state index contributed by atoms with van der Waals surface area (Å²) in [5.74, 6) is -1.18. The van der Waals surface area contributed by atoms with Crippen LogP contribution in [0.5, 0.6) is 0 Å². The van der Waals surface area contributed by atoms with Gasteiger partial charge in [-0.1, -0.05) is 0 Å². The van der Waals surface area contributed by atoms with Crippen LogP contribution in [0.1, 0.15) is 20.8 Å². The van der Waals surface area contributed by atoms with E-state index >= 15 is 0 Å². The van der Waals surface area contributed by atoms with Crippen molar-refractivity contribution < 1.29 is 22.7 Å². The summed E-state index contributed by atoms with van der Waals surface area (Å²) in [5, 5.41) is 2.49. The fourth-order valence-corrected chi connectivity index (χ4v) is 3.61. The Morgan fingerprint density at radius 3 is 2.76 bits per heavy atom. The molecule has 0 spiro atoms. The van der Waals surface area contributed by atoms with E-state index in [1.54, 1.807) is 0 Å². The number of nitrogens with zero attached hydrogens (tertiary/aromatic N) is 1. The van der Waals surface area contributed by atoms with E-state index in [1.807, 2.05) is 0 Å². The molecule has 108 valence electrons. The SMILES string of the molecule is COC(=O)c1ccc2c(c1)NC(=O)c1cccn1S2(=O)=O. The van der Waals surface area contributed by atoms with Gasteiger partial charge in [0.15, 0.2) is 0 Å². The van der Waals surface area contributed by atoms with E-state index in [0.717, 1.165) is 3.97 Å². The van der Waals surface area contributed by atoms with Crippen molar-refractivity contribution in [2.75, 3.05) is 12.4 Å². The lowest BCUT2D eigenvalue weighted by Gasteiger charge is -2.09. The Morgan fingerprint density at radius 1 is 1.29 bits per heavy atom. The van der Waals surface area contributed by atoms with Gasteiger partial charge in [-0.3, -0.25) is 4.79 Å². The molecule has 1 aliphatic rings. The number of carbonyl (C=O) groups is 2. The smallest absolute Gasteiger partial charge is 0.337 e. The Kier molecular flexibility index (Phi) is 2.84. The van der Waals surface area contributed by atoms with Gasteiger partial charge in [0.1, 0.15) is 10.6 Å². The first kappa shape index (κ1) is 13.4. The summed E-state index contributed by atoms with van der Waals surface area (Å²) >= 11 is 0. The van der Waals surface area contributed by atoms with Crippen molar-refractivity contribution in [3.63, 3.8) is 0 Å². The van der Waals surface area contributed by atoms with Gasteiger partial charge in [-0.25, -0.2) is 17.2 Å². The molecule has 0 saturated heterocycles. The number of hydrogen-bond donors (Lipinski definition) is 1. The van der Waals surface area contributed by atoms with Crippen LogP contribution in [0.3, 0.4) is 0 Å². The predicted molar refractivity (Wildman–Crippen MR) is 72.8 cm³/mol. The number of amides is 1. The zero-order chi connectivity index (χ0) is 15.2. The van der Waals surface area contributed by atoms with Gasteiger partial charge >= 0.3 is 5.97 Å². The molecule has 2 aromatic rings. The van der Waals surface area contributed by atoms with Crippen molar-refractivity contribution in [3.05, 3.63) is 47.8 Å². The molecule has 0 radical (unpaired) electrons. The second-order valence-electron chi connectivity index (χ2n) is 4.35. The molecule has 1 amide bonds. The maximum Gasteiger partial charge on any atom is 0.337 e. The molecule has 8 heteroatoms. The van der Waals surface area contributed by atoms with Crippen LogP contribution in [0, 0.1) is 0 Å². The molecule has 3 rings (SSSR count). The molecular weight excluding hydrogens is 296 g/mol. The normalized spacial score (nSPS) is 15.4. The van der Waals surface area contributed by atoms with Gasteiger partial charge in [0.2, 0.25) is 0 Å². The lowest BCUT2D eigenvalue weighted by atomic mass is 10.2. The Bertz CT molecular complexity index is 866. The Balaban J connectivity index is 2.26. The summed E-state index contributed by atoms with van der Waals surface area (Å²) in [4.78, 5) is 23.5. The molecule has 1 aromatic carbocycles. The number of anilines is 1. The molecule has 1 aromatic heterocycles. The molecule has 0 saturated carbocycles. The number of nitrogens with one attached hydrogen (secondary N) is 1. The molecule has 0 bridgehead atoms. The number of benzene rings is 1. The molecule has 7 nitrogen and oxygen atoms in total. The fourth-order valence-electron chi connectivity index (χ4n) is 2.14. The number of carbonyl (C=O) groups excluding carboxylic acids is 2. The quantitative estimate of drug-likeness (QED) is 0.795. The minimum Gasteiger partial charge on any atom is -0.465 e. The Hall–Kier alpha value is -2.61. The van der Waals surface area contributed by atoms with Gasteiger partial charge in [0.05, 0.1) is 18.4 Å². The second-order valence-corrected chi connectivity index (χ2v) is 6.13. The van der Waals surface area contributed by atoms with E-state index in [2.05, 4.69) is 10.1 Å². The Labute approximate surface area is 120 Å². The standard InChI is InChI=1S/C13H10N2O5S/c1-20-13(17)8-4-5-11-9(7-8)14-12(16)10-3-2-6-15(10)21(11,18)19/h2-7H,1H3,(H,14,16). The van der Waals surface area contributed by atoms with Gasteiger partial charge in [-0.2, -0.15) is 0 Å². The first-order valence-electron chi connectivity index (χ1n) is 5.92. The number of esters is 1. The summed E-state index contributed by atoms with van der Waals surface area (Å²) in [7, 11) is -2.68. The van der Waals surface area contributed by atoms with Crippen LogP contribution in [-0.2, 0) is 14.8 Å². The molecule has 0 atom stereocenters. The summed E-state index contributed by atoms with van der Waals surface area (Å²) in [6, 6.07) is 6.76. The van der Waals surface area contributed by atoms with E-state index in [4.69, 9.17) is 0 Å². The van der Waals surface area contributed by atoms with E-state index < -0.39 is 21.9 Å². The van der Waals surface area contributed by atoms with Crippen molar-refractivity contribution in [2.24, 2.45) is 0 Å². The molecule has 21 heavy (non-hydrogen) atoms. The van der Waals surface area contributed by atoms with Gasteiger partial charge in [-0.05, 0) is 30.3 Å². The number of fused-ring (bicyclic) bond motifs is 2. The third-order valence-electron chi connectivity index (χ3n) is 3.13. The number of ether oxygens (including phenoxy) is 1. The molecule has 0 fully saturated rings.